The fraction of sp³-hybridized carbons (Fsp3) is 0.600. The van der Waals surface area contributed by atoms with Gasteiger partial charge < -0.3 is 19.5 Å². The summed E-state index contributed by atoms with van der Waals surface area (Å²) in [5.74, 6) is 0.965. The number of morpholine rings is 1. The summed E-state index contributed by atoms with van der Waals surface area (Å²) in [5.41, 5.74) is 2.08. The van der Waals surface area contributed by atoms with Crippen LogP contribution in [0.1, 0.15) is 13.8 Å². The van der Waals surface area contributed by atoms with Crippen LogP contribution in [0.15, 0.2) is 18.6 Å². The molecule has 6 nitrogen and oxygen atoms in total. The molecule has 1 fully saturated rings. The van der Waals surface area contributed by atoms with Gasteiger partial charge in [-0.05, 0) is 6.07 Å². The summed E-state index contributed by atoms with van der Waals surface area (Å²) >= 11 is 0. The highest BCUT2D eigenvalue weighted by Crippen LogP contribution is 2.25. The van der Waals surface area contributed by atoms with Crippen molar-refractivity contribution in [2.75, 3.05) is 31.2 Å². The smallest absolute Gasteiger partial charge is 0.157 e. The van der Waals surface area contributed by atoms with Crippen molar-refractivity contribution in [2.24, 2.45) is 7.05 Å². The topological polar surface area (TPSA) is 55.2 Å². The summed E-state index contributed by atoms with van der Waals surface area (Å²) in [7, 11) is 2.01. The Kier molecular flexibility index (Phi) is 4.07. The highest BCUT2D eigenvalue weighted by molar-refractivity contribution is 5.86. The third-order valence-corrected chi connectivity index (χ3v) is 3.88. The third kappa shape index (κ3) is 2.87. The Morgan fingerprint density at radius 1 is 1.43 bits per heavy atom. The summed E-state index contributed by atoms with van der Waals surface area (Å²) in [5, 5.41) is 3.49. The number of fused-ring (bicyclic) bond motifs is 1. The molecule has 6 heteroatoms. The number of aryl methyl sites for hydroxylation is 1. The van der Waals surface area contributed by atoms with Crippen molar-refractivity contribution >= 4 is 16.9 Å². The Bertz CT molecular complexity index is 609. The summed E-state index contributed by atoms with van der Waals surface area (Å²) in [6.07, 6.45) is 3.71. The van der Waals surface area contributed by atoms with Gasteiger partial charge in [0.25, 0.3) is 0 Å². The predicted molar refractivity (Wildman–Crippen MR) is 83.6 cm³/mol. The maximum atomic E-state index is 5.65. The van der Waals surface area contributed by atoms with Crippen LogP contribution in [0.3, 0.4) is 0 Å². The molecular formula is C15H23N5O. The maximum absolute atomic E-state index is 5.65. The average Bonchev–Trinajstić information content (AvgIpc) is 2.87. The van der Waals surface area contributed by atoms with Gasteiger partial charge in [0.05, 0.1) is 31.1 Å². The molecule has 0 bridgehead atoms. The molecule has 21 heavy (non-hydrogen) atoms. The van der Waals surface area contributed by atoms with Crippen LogP contribution in [0.5, 0.6) is 0 Å². The molecule has 0 saturated carbocycles. The molecule has 1 atom stereocenters. The van der Waals surface area contributed by atoms with E-state index in [1.54, 1.807) is 0 Å². The number of hydrogen-bond acceptors (Lipinski definition) is 5. The normalized spacial score (nSPS) is 19.6. The monoisotopic (exact) mass is 289 g/mol. The molecule has 0 radical (unpaired) electrons. The van der Waals surface area contributed by atoms with Crippen molar-refractivity contribution in [1.29, 1.82) is 0 Å². The van der Waals surface area contributed by atoms with E-state index < -0.39 is 0 Å². The molecule has 0 aliphatic carbocycles. The Morgan fingerprint density at radius 2 is 2.29 bits per heavy atom. The van der Waals surface area contributed by atoms with Gasteiger partial charge in [0, 0.05) is 32.4 Å². The molecular weight excluding hydrogens is 266 g/mol. The molecule has 3 heterocycles. The first-order valence-corrected chi connectivity index (χ1v) is 7.50. The molecule has 3 rings (SSSR count). The summed E-state index contributed by atoms with van der Waals surface area (Å²) < 4.78 is 7.68. The molecule has 2 aromatic heterocycles. The van der Waals surface area contributed by atoms with E-state index in [1.807, 2.05) is 30.2 Å². The molecule has 1 aliphatic rings. The molecule has 1 unspecified atom stereocenters. The van der Waals surface area contributed by atoms with Gasteiger partial charge in [0.15, 0.2) is 5.82 Å². The lowest BCUT2D eigenvalue weighted by atomic mass is 10.2. The number of aromatic nitrogens is 3. The van der Waals surface area contributed by atoms with E-state index in [0.29, 0.717) is 12.1 Å². The van der Waals surface area contributed by atoms with E-state index in [4.69, 9.17) is 4.74 Å². The number of imidazole rings is 1. The first kappa shape index (κ1) is 14.3. The number of hydrogen-bond donors (Lipinski definition) is 1. The standard InChI is InChI=1S/C15H23N5O/c1-11(2)17-8-12-9-21-7-6-20(12)15-14-13(4-5-16-15)19(3)10-18-14/h4-5,10-12,17H,6-9H2,1-3H3. The zero-order valence-electron chi connectivity index (χ0n) is 12.9. The molecule has 0 aromatic carbocycles. The molecule has 1 aliphatic heterocycles. The summed E-state index contributed by atoms with van der Waals surface area (Å²) in [6, 6.07) is 2.77. The highest BCUT2D eigenvalue weighted by Gasteiger charge is 2.26. The van der Waals surface area contributed by atoms with Crippen LogP contribution < -0.4 is 10.2 Å². The van der Waals surface area contributed by atoms with Crippen LogP contribution in [-0.2, 0) is 11.8 Å². The number of rotatable bonds is 4. The lowest BCUT2D eigenvalue weighted by molar-refractivity contribution is 0.0929. The van der Waals surface area contributed by atoms with Crippen molar-refractivity contribution in [2.45, 2.75) is 25.9 Å². The molecule has 1 N–H and O–H groups in total. The van der Waals surface area contributed by atoms with Gasteiger partial charge >= 0.3 is 0 Å². The van der Waals surface area contributed by atoms with E-state index in [2.05, 4.69) is 34.0 Å². The van der Waals surface area contributed by atoms with Crippen molar-refractivity contribution < 1.29 is 4.74 Å². The van der Waals surface area contributed by atoms with E-state index in [1.165, 1.54) is 0 Å². The second-order valence-electron chi connectivity index (χ2n) is 5.84. The highest BCUT2D eigenvalue weighted by atomic mass is 16.5. The maximum Gasteiger partial charge on any atom is 0.157 e. The third-order valence-electron chi connectivity index (χ3n) is 3.88. The van der Waals surface area contributed by atoms with Gasteiger partial charge in [-0.3, -0.25) is 0 Å². The summed E-state index contributed by atoms with van der Waals surface area (Å²) in [4.78, 5) is 11.4. The van der Waals surface area contributed by atoms with Crippen molar-refractivity contribution in [3.05, 3.63) is 18.6 Å². The Morgan fingerprint density at radius 3 is 3.10 bits per heavy atom. The Labute approximate surface area is 125 Å². The minimum absolute atomic E-state index is 0.293. The first-order valence-electron chi connectivity index (χ1n) is 7.50. The minimum atomic E-state index is 0.293. The number of ether oxygens (including phenoxy) is 1. The average molecular weight is 289 g/mol. The summed E-state index contributed by atoms with van der Waals surface area (Å²) in [6.45, 7) is 7.53. The van der Waals surface area contributed by atoms with Crippen molar-refractivity contribution in [3.8, 4) is 0 Å². The van der Waals surface area contributed by atoms with Gasteiger partial charge in [0.2, 0.25) is 0 Å². The molecule has 0 amide bonds. The number of anilines is 1. The van der Waals surface area contributed by atoms with Crippen LogP contribution in [0.25, 0.3) is 11.0 Å². The number of nitrogens with zero attached hydrogens (tertiary/aromatic N) is 4. The molecule has 0 spiro atoms. The number of nitrogens with one attached hydrogen (secondary N) is 1. The van der Waals surface area contributed by atoms with Gasteiger partial charge in [-0.25, -0.2) is 9.97 Å². The van der Waals surface area contributed by atoms with Crippen LogP contribution >= 0.6 is 0 Å². The molecule has 1 saturated heterocycles. The Balaban J connectivity index is 1.91. The van der Waals surface area contributed by atoms with Gasteiger partial charge in [-0.15, -0.1) is 0 Å². The van der Waals surface area contributed by atoms with Gasteiger partial charge in [-0.2, -0.15) is 0 Å². The van der Waals surface area contributed by atoms with E-state index in [-0.39, 0.29) is 0 Å². The fourth-order valence-corrected chi connectivity index (χ4v) is 2.73. The van der Waals surface area contributed by atoms with Crippen LogP contribution in [0.4, 0.5) is 5.82 Å². The Hall–Kier alpha value is -1.66. The van der Waals surface area contributed by atoms with E-state index >= 15 is 0 Å². The first-order chi connectivity index (χ1) is 10.2. The molecule has 2 aromatic rings. The van der Waals surface area contributed by atoms with Crippen LogP contribution in [-0.4, -0.2) is 52.9 Å². The largest absolute Gasteiger partial charge is 0.377 e. The SMILES string of the molecule is CC(C)NCC1COCCN1c1nccc2c1ncn2C. The second kappa shape index (κ2) is 5.99. The molecule has 114 valence electrons. The minimum Gasteiger partial charge on any atom is -0.377 e. The van der Waals surface area contributed by atoms with E-state index in [9.17, 15) is 0 Å². The van der Waals surface area contributed by atoms with Gasteiger partial charge in [-0.1, -0.05) is 13.8 Å². The zero-order valence-corrected chi connectivity index (χ0v) is 12.9. The van der Waals surface area contributed by atoms with E-state index in [0.717, 1.165) is 43.2 Å². The van der Waals surface area contributed by atoms with Gasteiger partial charge in [0.1, 0.15) is 5.52 Å². The van der Waals surface area contributed by atoms with Crippen molar-refractivity contribution in [3.63, 3.8) is 0 Å². The lowest BCUT2D eigenvalue weighted by Gasteiger charge is -2.37. The fourth-order valence-electron chi connectivity index (χ4n) is 2.73. The number of pyridine rings is 1. The predicted octanol–water partition coefficient (Wildman–Crippen LogP) is 1.17. The lowest BCUT2D eigenvalue weighted by Crippen LogP contribution is -2.51. The quantitative estimate of drug-likeness (QED) is 0.916. The van der Waals surface area contributed by atoms with Crippen LogP contribution in [0.2, 0.25) is 0 Å². The van der Waals surface area contributed by atoms with Crippen molar-refractivity contribution in [1.82, 2.24) is 19.9 Å². The second-order valence-corrected chi connectivity index (χ2v) is 5.84. The van der Waals surface area contributed by atoms with Crippen LogP contribution in [0, 0.1) is 0 Å². The zero-order chi connectivity index (χ0) is 14.8.